The predicted molar refractivity (Wildman–Crippen MR) is 150 cm³/mol. The molecule has 2 aliphatic rings. The van der Waals surface area contributed by atoms with E-state index in [9.17, 15) is 9.59 Å². The van der Waals surface area contributed by atoms with Gasteiger partial charge in [0.2, 0.25) is 0 Å². The number of allylic oxidation sites excluding steroid dienone is 2. The molecule has 0 aliphatic carbocycles. The SMILES string of the molecule is C=C1C=C(C2CCN(C)CC2)c2cc(C(=O)N(C)c3ccc(C)c(C(=O)NCCO)c3)ccc2N1CC. The van der Waals surface area contributed by atoms with Crippen molar-refractivity contribution < 1.29 is 14.7 Å². The summed E-state index contributed by atoms with van der Waals surface area (Å²) in [5.41, 5.74) is 7.01. The van der Waals surface area contributed by atoms with Crippen LogP contribution in [-0.2, 0) is 0 Å². The number of fused-ring (bicyclic) bond motifs is 1. The zero-order valence-electron chi connectivity index (χ0n) is 22.4. The Hall–Kier alpha value is -3.42. The summed E-state index contributed by atoms with van der Waals surface area (Å²) in [6, 6.07) is 11.4. The van der Waals surface area contributed by atoms with Crippen molar-refractivity contribution in [1.29, 1.82) is 0 Å². The van der Waals surface area contributed by atoms with E-state index in [1.54, 1.807) is 18.0 Å². The highest BCUT2D eigenvalue weighted by atomic mass is 16.3. The molecule has 4 rings (SSSR count). The van der Waals surface area contributed by atoms with Gasteiger partial charge in [0.1, 0.15) is 0 Å². The van der Waals surface area contributed by atoms with Crippen LogP contribution < -0.4 is 15.1 Å². The summed E-state index contributed by atoms with van der Waals surface area (Å²) in [5.74, 6) is 0.0326. The minimum Gasteiger partial charge on any atom is -0.395 e. The summed E-state index contributed by atoms with van der Waals surface area (Å²) in [6.07, 6.45) is 4.38. The summed E-state index contributed by atoms with van der Waals surface area (Å²) in [6.45, 7) is 11.3. The molecule has 2 amide bonds. The molecule has 7 nitrogen and oxygen atoms in total. The first-order valence-corrected chi connectivity index (χ1v) is 13.0. The van der Waals surface area contributed by atoms with E-state index in [4.69, 9.17) is 5.11 Å². The summed E-state index contributed by atoms with van der Waals surface area (Å²) >= 11 is 0. The van der Waals surface area contributed by atoms with Gasteiger partial charge in [-0.1, -0.05) is 12.6 Å². The smallest absolute Gasteiger partial charge is 0.258 e. The van der Waals surface area contributed by atoms with Gasteiger partial charge in [-0.3, -0.25) is 9.59 Å². The number of hydrogen-bond donors (Lipinski definition) is 2. The van der Waals surface area contributed by atoms with E-state index >= 15 is 0 Å². The molecule has 2 heterocycles. The minimum atomic E-state index is -0.268. The van der Waals surface area contributed by atoms with Crippen LogP contribution in [0.2, 0.25) is 0 Å². The Balaban J connectivity index is 1.65. The van der Waals surface area contributed by atoms with Crippen molar-refractivity contribution in [2.45, 2.75) is 26.7 Å². The largest absolute Gasteiger partial charge is 0.395 e. The summed E-state index contributed by atoms with van der Waals surface area (Å²) in [5, 5.41) is 11.7. The van der Waals surface area contributed by atoms with Crippen LogP contribution >= 0.6 is 0 Å². The number of amides is 2. The number of nitrogens with one attached hydrogen (secondary N) is 1. The second-order valence-corrected chi connectivity index (χ2v) is 9.99. The predicted octanol–water partition coefficient (Wildman–Crippen LogP) is 4.07. The molecule has 0 aromatic heterocycles. The second-order valence-electron chi connectivity index (χ2n) is 9.99. The number of nitrogens with zero attached hydrogens (tertiary/aromatic N) is 3. The van der Waals surface area contributed by atoms with Crippen molar-refractivity contribution in [2.24, 2.45) is 5.92 Å². The number of carbonyl (C=O) groups is 2. The van der Waals surface area contributed by atoms with E-state index in [0.717, 1.165) is 55.0 Å². The molecule has 2 aromatic rings. The van der Waals surface area contributed by atoms with Crippen LogP contribution in [0.3, 0.4) is 0 Å². The number of aryl methyl sites for hydroxylation is 1. The zero-order valence-corrected chi connectivity index (χ0v) is 22.4. The van der Waals surface area contributed by atoms with Crippen LogP contribution in [0.25, 0.3) is 5.57 Å². The molecular formula is C30H38N4O3. The van der Waals surface area contributed by atoms with Crippen molar-refractivity contribution in [1.82, 2.24) is 10.2 Å². The molecule has 0 bridgehead atoms. The van der Waals surface area contributed by atoms with E-state index < -0.39 is 0 Å². The lowest BCUT2D eigenvalue weighted by Gasteiger charge is -2.37. The van der Waals surface area contributed by atoms with E-state index in [0.29, 0.717) is 22.7 Å². The van der Waals surface area contributed by atoms with Gasteiger partial charge in [-0.15, -0.1) is 0 Å². The van der Waals surface area contributed by atoms with Crippen molar-refractivity contribution in [3.05, 3.63) is 77.0 Å². The van der Waals surface area contributed by atoms with E-state index in [-0.39, 0.29) is 25.0 Å². The van der Waals surface area contributed by atoms with Crippen molar-refractivity contribution >= 4 is 28.8 Å². The van der Waals surface area contributed by atoms with Crippen molar-refractivity contribution in [2.75, 3.05) is 56.7 Å². The Labute approximate surface area is 220 Å². The minimum absolute atomic E-state index is 0.127. The standard InChI is InChI=1S/C30H38N4O3/c1-6-34-21(3)17-26(22-11-14-32(4)15-12-22)27-18-23(8-10-28(27)34)30(37)33(5)24-9-7-20(2)25(19-24)29(36)31-13-16-35/h7-10,17-19,22,35H,3,6,11-16H2,1-2,4-5H3,(H,31,36). The molecule has 2 N–H and O–H groups in total. The first kappa shape index (κ1) is 26.6. The van der Waals surface area contributed by atoms with Crippen molar-refractivity contribution in [3.63, 3.8) is 0 Å². The van der Waals surface area contributed by atoms with Gasteiger partial charge in [0.25, 0.3) is 11.8 Å². The normalized spacial score (nSPS) is 16.3. The number of aliphatic hydroxyl groups excluding tert-OH is 1. The molecule has 1 fully saturated rings. The zero-order chi connectivity index (χ0) is 26.7. The average molecular weight is 503 g/mol. The highest BCUT2D eigenvalue weighted by molar-refractivity contribution is 6.07. The van der Waals surface area contributed by atoms with Gasteiger partial charge in [0, 0.05) is 53.9 Å². The number of benzene rings is 2. The lowest BCUT2D eigenvalue weighted by Crippen LogP contribution is -2.33. The number of aliphatic hydroxyl groups is 1. The number of anilines is 2. The van der Waals surface area contributed by atoms with Gasteiger partial charge in [-0.05, 0) is 100 Å². The molecule has 0 radical (unpaired) electrons. The Kier molecular flexibility index (Phi) is 8.15. The average Bonchev–Trinajstić information content (AvgIpc) is 2.91. The van der Waals surface area contributed by atoms with E-state index in [1.807, 2.05) is 37.3 Å². The van der Waals surface area contributed by atoms with Gasteiger partial charge in [-0.2, -0.15) is 0 Å². The second kappa shape index (κ2) is 11.3. The third kappa shape index (κ3) is 5.48. The van der Waals surface area contributed by atoms with E-state index in [1.165, 1.54) is 5.57 Å². The maximum Gasteiger partial charge on any atom is 0.258 e. The van der Waals surface area contributed by atoms with Crippen molar-refractivity contribution in [3.8, 4) is 0 Å². The Morgan fingerprint density at radius 3 is 2.57 bits per heavy atom. The third-order valence-electron chi connectivity index (χ3n) is 7.54. The Morgan fingerprint density at radius 2 is 1.89 bits per heavy atom. The van der Waals surface area contributed by atoms with Gasteiger partial charge in [0.15, 0.2) is 0 Å². The van der Waals surface area contributed by atoms with Crippen LogP contribution in [0.15, 0.2) is 54.8 Å². The maximum absolute atomic E-state index is 13.6. The monoisotopic (exact) mass is 502 g/mol. The number of piperidine rings is 1. The highest BCUT2D eigenvalue weighted by Gasteiger charge is 2.29. The Bertz CT molecular complexity index is 1230. The maximum atomic E-state index is 13.6. The van der Waals surface area contributed by atoms with Gasteiger partial charge >= 0.3 is 0 Å². The number of rotatable bonds is 7. The van der Waals surface area contributed by atoms with Crippen LogP contribution in [-0.4, -0.2) is 68.7 Å². The fraction of sp³-hybridized carbons (Fsp3) is 0.400. The number of carbonyl (C=O) groups excluding carboxylic acids is 2. The fourth-order valence-corrected chi connectivity index (χ4v) is 5.30. The number of likely N-dealkylation sites (N-methyl/N-ethyl adjacent to an activating group) is 1. The lowest BCUT2D eigenvalue weighted by molar-refractivity contribution is 0.0942. The molecule has 2 aromatic carbocycles. The lowest BCUT2D eigenvalue weighted by atomic mass is 9.81. The van der Waals surface area contributed by atoms with Gasteiger partial charge in [-0.25, -0.2) is 0 Å². The molecule has 0 saturated carbocycles. The van der Waals surface area contributed by atoms with Crippen LogP contribution in [0, 0.1) is 12.8 Å². The topological polar surface area (TPSA) is 76.1 Å². The summed E-state index contributed by atoms with van der Waals surface area (Å²) < 4.78 is 0. The molecule has 0 unspecified atom stereocenters. The molecule has 37 heavy (non-hydrogen) atoms. The number of hydrogen-bond acceptors (Lipinski definition) is 5. The molecular weight excluding hydrogens is 464 g/mol. The van der Waals surface area contributed by atoms with Gasteiger partial charge in [0.05, 0.1) is 6.61 Å². The van der Waals surface area contributed by atoms with E-state index in [2.05, 4.69) is 41.7 Å². The van der Waals surface area contributed by atoms with Crippen LogP contribution in [0.5, 0.6) is 0 Å². The highest BCUT2D eigenvalue weighted by Crippen LogP contribution is 2.42. The molecule has 1 saturated heterocycles. The van der Waals surface area contributed by atoms with Crippen LogP contribution in [0.1, 0.15) is 51.6 Å². The first-order chi connectivity index (χ1) is 17.7. The fourth-order valence-electron chi connectivity index (χ4n) is 5.30. The molecule has 196 valence electrons. The molecule has 0 spiro atoms. The third-order valence-corrected chi connectivity index (χ3v) is 7.54. The van der Waals surface area contributed by atoms with Gasteiger partial charge < -0.3 is 25.1 Å². The summed E-state index contributed by atoms with van der Waals surface area (Å²) in [4.78, 5) is 32.3. The Morgan fingerprint density at radius 1 is 1.16 bits per heavy atom. The quantitative estimate of drug-likeness (QED) is 0.597. The first-order valence-electron chi connectivity index (χ1n) is 13.0. The molecule has 2 aliphatic heterocycles. The summed E-state index contributed by atoms with van der Waals surface area (Å²) in [7, 11) is 3.90. The molecule has 0 atom stereocenters. The molecule has 7 heteroatoms. The number of likely N-dealkylation sites (tertiary alicyclic amines) is 1. The van der Waals surface area contributed by atoms with Crippen LogP contribution in [0.4, 0.5) is 11.4 Å².